The molecule has 1 aliphatic heterocycles. The molecule has 0 bridgehead atoms. The fourth-order valence-electron chi connectivity index (χ4n) is 2.95. The lowest BCUT2D eigenvalue weighted by molar-refractivity contribution is 0.156. The summed E-state index contributed by atoms with van der Waals surface area (Å²) in [7, 11) is 0. The average Bonchev–Trinajstić information content (AvgIpc) is 2.67. The summed E-state index contributed by atoms with van der Waals surface area (Å²) in [5, 5.41) is 14.7. The van der Waals surface area contributed by atoms with Crippen LogP contribution in [0.15, 0.2) is 0 Å². The summed E-state index contributed by atoms with van der Waals surface area (Å²) < 4.78 is 0. The molecule has 1 unspecified atom stereocenters. The van der Waals surface area contributed by atoms with Gasteiger partial charge in [-0.15, -0.1) is 0 Å². The Morgan fingerprint density at radius 2 is 1.76 bits per heavy atom. The molecular weight excluding hydrogens is 266 g/mol. The Kier molecular flexibility index (Phi) is 8.69. The van der Waals surface area contributed by atoms with Crippen molar-refractivity contribution in [2.45, 2.75) is 65.0 Å². The van der Waals surface area contributed by atoms with Crippen LogP contribution < -0.4 is 10.6 Å². The van der Waals surface area contributed by atoms with Gasteiger partial charge >= 0.3 is 6.03 Å². The second kappa shape index (κ2) is 10.0. The average molecular weight is 299 g/mol. The third-order valence-electron chi connectivity index (χ3n) is 4.29. The molecule has 0 radical (unpaired) electrons. The first kappa shape index (κ1) is 18.2. The maximum absolute atomic E-state index is 11.9. The zero-order valence-corrected chi connectivity index (χ0v) is 13.9. The molecule has 0 aromatic rings. The highest BCUT2D eigenvalue weighted by molar-refractivity contribution is 5.74. The van der Waals surface area contributed by atoms with Gasteiger partial charge in [0.25, 0.3) is 0 Å². The number of aliphatic hydroxyl groups excluding tert-OH is 1. The third kappa shape index (κ3) is 7.14. The van der Waals surface area contributed by atoms with E-state index in [1.54, 1.807) is 0 Å². The molecule has 5 heteroatoms. The van der Waals surface area contributed by atoms with Crippen LogP contribution in [-0.4, -0.2) is 54.4 Å². The fraction of sp³-hybridized carbons (Fsp3) is 0.938. The Bertz CT molecular complexity index is 289. The quantitative estimate of drug-likeness (QED) is 0.673. The van der Waals surface area contributed by atoms with Crippen LogP contribution in [0.25, 0.3) is 0 Å². The van der Waals surface area contributed by atoms with E-state index < -0.39 is 0 Å². The number of amides is 2. The first-order chi connectivity index (χ1) is 10.0. The monoisotopic (exact) mass is 299 g/mol. The highest BCUT2D eigenvalue weighted by Crippen LogP contribution is 2.17. The predicted octanol–water partition coefficient (Wildman–Crippen LogP) is 1.96. The summed E-state index contributed by atoms with van der Waals surface area (Å²) in [5.41, 5.74) is 0. The highest BCUT2D eigenvalue weighted by atomic mass is 16.3. The Morgan fingerprint density at radius 3 is 2.29 bits per heavy atom. The minimum Gasteiger partial charge on any atom is -0.396 e. The van der Waals surface area contributed by atoms with Crippen molar-refractivity contribution in [2.75, 3.05) is 26.2 Å². The molecule has 0 aromatic carbocycles. The number of carbonyl (C=O) groups excluding carboxylic acids is 1. The van der Waals surface area contributed by atoms with Crippen LogP contribution in [0.3, 0.4) is 0 Å². The van der Waals surface area contributed by atoms with Crippen molar-refractivity contribution in [3.8, 4) is 0 Å². The maximum Gasteiger partial charge on any atom is 0.315 e. The maximum atomic E-state index is 11.9. The number of hydrogen-bond donors (Lipinski definition) is 3. The van der Waals surface area contributed by atoms with E-state index in [2.05, 4.69) is 29.4 Å². The summed E-state index contributed by atoms with van der Waals surface area (Å²) in [6, 6.07) is 0.282. The van der Waals surface area contributed by atoms with E-state index in [1.807, 2.05) is 6.92 Å². The zero-order chi connectivity index (χ0) is 15.7. The number of rotatable bonds is 7. The highest BCUT2D eigenvalue weighted by Gasteiger charge is 2.23. The van der Waals surface area contributed by atoms with E-state index in [0.29, 0.717) is 24.9 Å². The van der Waals surface area contributed by atoms with Gasteiger partial charge in [0.1, 0.15) is 0 Å². The van der Waals surface area contributed by atoms with Crippen molar-refractivity contribution in [2.24, 2.45) is 5.92 Å². The van der Waals surface area contributed by atoms with Crippen LogP contribution in [0.2, 0.25) is 0 Å². The molecule has 1 rings (SSSR count). The number of hydrogen-bond acceptors (Lipinski definition) is 3. The third-order valence-corrected chi connectivity index (χ3v) is 4.29. The van der Waals surface area contributed by atoms with Crippen molar-refractivity contribution < 1.29 is 9.90 Å². The lowest BCUT2D eigenvalue weighted by Crippen LogP contribution is -2.50. The van der Waals surface area contributed by atoms with Gasteiger partial charge in [0.15, 0.2) is 0 Å². The Labute approximate surface area is 129 Å². The Hall–Kier alpha value is -0.810. The Balaban J connectivity index is 2.41. The van der Waals surface area contributed by atoms with Gasteiger partial charge in [-0.1, -0.05) is 26.7 Å². The molecule has 2 atom stereocenters. The number of nitrogens with one attached hydrogen (secondary N) is 2. The van der Waals surface area contributed by atoms with Crippen LogP contribution in [-0.2, 0) is 0 Å². The number of likely N-dealkylation sites (tertiary alicyclic amines) is 1. The standard InChI is InChI=1S/C16H33N3O2/c1-13(2)15(19-9-6-4-5-7-10-19)12-17-16(21)18-14(3)8-11-20/h13-15,20H,4-12H2,1-3H3,(H2,17,18,21)/t14-,15?/m1/s1. The van der Waals surface area contributed by atoms with Crippen LogP contribution in [0, 0.1) is 5.92 Å². The minimum atomic E-state index is -0.128. The molecule has 0 aliphatic carbocycles. The second-order valence-corrected chi connectivity index (χ2v) is 6.53. The molecule has 1 aliphatic rings. The van der Waals surface area contributed by atoms with Crippen molar-refractivity contribution >= 4 is 6.03 Å². The lowest BCUT2D eigenvalue weighted by Gasteiger charge is -2.33. The van der Waals surface area contributed by atoms with E-state index in [4.69, 9.17) is 5.11 Å². The van der Waals surface area contributed by atoms with Crippen LogP contribution in [0.5, 0.6) is 0 Å². The fourth-order valence-corrected chi connectivity index (χ4v) is 2.95. The summed E-state index contributed by atoms with van der Waals surface area (Å²) in [4.78, 5) is 14.4. The number of urea groups is 1. The van der Waals surface area contributed by atoms with Gasteiger partial charge in [-0.2, -0.15) is 0 Å². The number of aliphatic hydroxyl groups is 1. The van der Waals surface area contributed by atoms with Crippen molar-refractivity contribution in [3.05, 3.63) is 0 Å². The minimum absolute atomic E-state index is 0.00527. The first-order valence-corrected chi connectivity index (χ1v) is 8.44. The largest absolute Gasteiger partial charge is 0.396 e. The summed E-state index contributed by atoms with van der Waals surface area (Å²) in [6.07, 6.45) is 5.78. The van der Waals surface area contributed by atoms with Gasteiger partial charge in [-0.25, -0.2) is 4.79 Å². The second-order valence-electron chi connectivity index (χ2n) is 6.53. The molecule has 1 fully saturated rings. The Morgan fingerprint density at radius 1 is 1.14 bits per heavy atom. The van der Waals surface area contributed by atoms with Crippen molar-refractivity contribution in [3.63, 3.8) is 0 Å². The summed E-state index contributed by atoms with van der Waals surface area (Å²) in [6.45, 7) is 9.44. The molecule has 0 spiro atoms. The van der Waals surface area contributed by atoms with Gasteiger partial charge in [-0.3, -0.25) is 4.90 Å². The van der Waals surface area contributed by atoms with Gasteiger partial charge in [-0.05, 0) is 45.2 Å². The summed E-state index contributed by atoms with van der Waals surface area (Å²) >= 11 is 0. The SMILES string of the molecule is CC(C)C(CNC(=O)N[C@H](C)CCO)N1CCCCCC1. The molecule has 3 N–H and O–H groups in total. The molecule has 5 nitrogen and oxygen atoms in total. The first-order valence-electron chi connectivity index (χ1n) is 8.44. The smallest absolute Gasteiger partial charge is 0.315 e. The lowest BCUT2D eigenvalue weighted by atomic mass is 10.0. The molecule has 2 amide bonds. The normalized spacial score (nSPS) is 19.9. The topological polar surface area (TPSA) is 64.6 Å². The van der Waals surface area contributed by atoms with E-state index >= 15 is 0 Å². The zero-order valence-electron chi connectivity index (χ0n) is 13.9. The van der Waals surface area contributed by atoms with E-state index in [0.717, 1.165) is 13.1 Å². The van der Waals surface area contributed by atoms with Crippen molar-refractivity contribution in [1.82, 2.24) is 15.5 Å². The van der Waals surface area contributed by atoms with Gasteiger partial charge in [0.05, 0.1) is 0 Å². The van der Waals surface area contributed by atoms with Gasteiger partial charge < -0.3 is 15.7 Å². The molecule has 124 valence electrons. The summed E-state index contributed by atoms with van der Waals surface area (Å²) in [5.74, 6) is 0.526. The number of nitrogens with zero attached hydrogens (tertiary/aromatic N) is 1. The van der Waals surface area contributed by atoms with E-state index in [-0.39, 0.29) is 18.7 Å². The van der Waals surface area contributed by atoms with Crippen molar-refractivity contribution in [1.29, 1.82) is 0 Å². The van der Waals surface area contributed by atoms with Gasteiger partial charge in [0, 0.05) is 25.2 Å². The van der Waals surface area contributed by atoms with Crippen LogP contribution >= 0.6 is 0 Å². The van der Waals surface area contributed by atoms with Crippen LogP contribution in [0.1, 0.15) is 52.9 Å². The molecular formula is C16H33N3O2. The molecule has 1 saturated heterocycles. The number of carbonyl (C=O) groups is 1. The molecule has 21 heavy (non-hydrogen) atoms. The van der Waals surface area contributed by atoms with E-state index in [1.165, 1.54) is 25.7 Å². The van der Waals surface area contributed by atoms with E-state index in [9.17, 15) is 4.79 Å². The van der Waals surface area contributed by atoms with Gasteiger partial charge in [0.2, 0.25) is 0 Å². The molecule has 1 heterocycles. The predicted molar refractivity (Wildman–Crippen MR) is 86.4 cm³/mol. The van der Waals surface area contributed by atoms with Crippen LogP contribution in [0.4, 0.5) is 4.79 Å². The molecule has 0 aromatic heterocycles. The molecule has 0 saturated carbocycles.